The SMILES string of the molecule is CN1CCN(C)C(CC(N)CCS(C)(=O)=O)C1. The summed E-state index contributed by atoms with van der Waals surface area (Å²) >= 11 is 0. The largest absolute Gasteiger partial charge is 0.328 e. The summed E-state index contributed by atoms with van der Waals surface area (Å²) in [5, 5.41) is 0. The van der Waals surface area contributed by atoms with Crippen LogP contribution in [-0.2, 0) is 9.84 Å². The molecule has 102 valence electrons. The van der Waals surface area contributed by atoms with Crippen molar-refractivity contribution in [2.24, 2.45) is 5.73 Å². The molecule has 6 heteroatoms. The lowest BCUT2D eigenvalue weighted by Crippen LogP contribution is -2.51. The van der Waals surface area contributed by atoms with Gasteiger partial charge in [0.2, 0.25) is 0 Å². The molecule has 5 nitrogen and oxygen atoms in total. The van der Waals surface area contributed by atoms with Crippen molar-refractivity contribution in [3.63, 3.8) is 0 Å². The van der Waals surface area contributed by atoms with E-state index >= 15 is 0 Å². The molecule has 0 spiro atoms. The third-order valence-electron chi connectivity index (χ3n) is 3.41. The molecule has 1 rings (SSSR count). The van der Waals surface area contributed by atoms with E-state index in [-0.39, 0.29) is 11.8 Å². The molecule has 1 saturated heterocycles. The predicted octanol–water partition coefficient (Wildman–Crippen LogP) is -0.616. The maximum absolute atomic E-state index is 11.1. The second-order valence-electron chi connectivity index (χ2n) is 5.31. The molecule has 0 aromatic carbocycles. The Labute approximate surface area is 105 Å². The molecule has 1 fully saturated rings. The zero-order valence-electron chi connectivity index (χ0n) is 11.1. The molecule has 0 aromatic rings. The highest BCUT2D eigenvalue weighted by molar-refractivity contribution is 7.90. The topological polar surface area (TPSA) is 66.6 Å². The maximum atomic E-state index is 11.1. The highest BCUT2D eigenvalue weighted by atomic mass is 32.2. The van der Waals surface area contributed by atoms with Gasteiger partial charge in [-0.25, -0.2) is 8.42 Å². The van der Waals surface area contributed by atoms with E-state index in [2.05, 4.69) is 23.9 Å². The molecule has 17 heavy (non-hydrogen) atoms. The minimum Gasteiger partial charge on any atom is -0.328 e. The highest BCUT2D eigenvalue weighted by Gasteiger charge is 2.24. The van der Waals surface area contributed by atoms with Crippen LogP contribution >= 0.6 is 0 Å². The zero-order valence-corrected chi connectivity index (χ0v) is 11.9. The van der Waals surface area contributed by atoms with Crippen molar-refractivity contribution in [3.05, 3.63) is 0 Å². The number of rotatable bonds is 5. The van der Waals surface area contributed by atoms with Crippen molar-refractivity contribution in [2.45, 2.75) is 24.9 Å². The average molecular weight is 263 g/mol. The average Bonchev–Trinajstić information content (AvgIpc) is 2.20. The maximum Gasteiger partial charge on any atom is 0.147 e. The van der Waals surface area contributed by atoms with E-state index < -0.39 is 9.84 Å². The Kier molecular flexibility index (Phi) is 5.37. The summed E-state index contributed by atoms with van der Waals surface area (Å²) in [5.41, 5.74) is 6.01. The van der Waals surface area contributed by atoms with Gasteiger partial charge in [0.15, 0.2) is 0 Å². The number of nitrogens with zero attached hydrogens (tertiary/aromatic N) is 2. The van der Waals surface area contributed by atoms with Crippen LogP contribution in [-0.4, -0.2) is 76.0 Å². The second kappa shape index (κ2) is 6.13. The van der Waals surface area contributed by atoms with Crippen molar-refractivity contribution >= 4 is 9.84 Å². The number of sulfone groups is 1. The molecule has 1 aliphatic heterocycles. The molecular formula is C11H25N3O2S. The summed E-state index contributed by atoms with van der Waals surface area (Å²) in [6, 6.07) is 0.423. The second-order valence-corrected chi connectivity index (χ2v) is 7.57. The van der Waals surface area contributed by atoms with Gasteiger partial charge in [0.1, 0.15) is 9.84 Å². The van der Waals surface area contributed by atoms with E-state index in [0.717, 1.165) is 26.1 Å². The van der Waals surface area contributed by atoms with E-state index in [0.29, 0.717) is 12.5 Å². The number of likely N-dealkylation sites (N-methyl/N-ethyl adjacent to an activating group) is 2. The Morgan fingerprint density at radius 2 is 2.00 bits per heavy atom. The predicted molar refractivity (Wildman–Crippen MR) is 70.8 cm³/mol. The Morgan fingerprint density at radius 1 is 1.35 bits per heavy atom. The lowest BCUT2D eigenvalue weighted by Gasteiger charge is -2.38. The van der Waals surface area contributed by atoms with Gasteiger partial charge in [-0.1, -0.05) is 0 Å². The minimum atomic E-state index is -2.89. The molecule has 0 radical (unpaired) electrons. The lowest BCUT2D eigenvalue weighted by atomic mass is 10.0. The van der Waals surface area contributed by atoms with E-state index in [9.17, 15) is 8.42 Å². The van der Waals surface area contributed by atoms with Gasteiger partial charge in [-0.15, -0.1) is 0 Å². The first-order valence-corrected chi connectivity index (χ1v) is 8.16. The first-order chi connectivity index (χ1) is 7.78. The molecule has 0 aliphatic carbocycles. The van der Waals surface area contributed by atoms with Crippen LogP contribution < -0.4 is 5.73 Å². The normalized spacial score (nSPS) is 26.0. The molecule has 0 bridgehead atoms. The van der Waals surface area contributed by atoms with Crippen molar-refractivity contribution in [2.75, 3.05) is 45.7 Å². The fourth-order valence-corrected chi connectivity index (χ4v) is 2.92. The third-order valence-corrected chi connectivity index (χ3v) is 4.39. The highest BCUT2D eigenvalue weighted by Crippen LogP contribution is 2.12. The molecule has 2 unspecified atom stereocenters. The van der Waals surface area contributed by atoms with E-state index in [4.69, 9.17) is 5.73 Å². The van der Waals surface area contributed by atoms with Crippen LogP contribution in [0.2, 0.25) is 0 Å². The van der Waals surface area contributed by atoms with Crippen molar-refractivity contribution in [1.29, 1.82) is 0 Å². The van der Waals surface area contributed by atoms with Crippen LogP contribution in [0.15, 0.2) is 0 Å². The standard InChI is InChI=1S/C11H25N3O2S/c1-13-5-6-14(2)11(9-13)8-10(12)4-7-17(3,15)16/h10-11H,4-9,12H2,1-3H3. The Balaban J connectivity index is 2.36. The number of piperazine rings is 1. The van der Waals surface area contributed by atoms with Gasteiger partial charge >= 0.3 is 0 Å². The molecule has 0 saturated carbocycles. The van der Waals surface area contributed by atoms with Gasteiger partial charge in [-0.2, -0.15) is 0 Å². The monoisotopic (exact) mass is 263 g/mol. The van der Waals surface area contributed by atoms with Gasteiger partial charge in [-0.05, 0) is 26.9 Å². The Morgan fingerprint density at radius 3 is 2.59 bits per heavy atom. The summed E-state index contributed by atoms with van der Waals surface area (Å²) in [7, 11) is 1.34. The minimum absolute atomic E-state index is 0.0244. The number of hydrogen-bond donors (Lipinski definition) is 1. The summed E-state index contributed by atoms with van der Waals surface area (Å²) in [5.74, 6) is 0.195. The molecule has 2 N–H and O–H groups in total. The van der Waals surface area contributed by atoms with Crippen molar-refractivity contribution < 1.29 is 8.42 Å². The Bertz CT molecular complexity index is 332. The van der Waals surface area contributed by atoms with Gasteiger partial charge in [0, 0.05) is 38.0 Å². The van der Waals surface area contributed by atoms with Crippen LogP contribution in [0.1, 0.15) is 12.8 Å². The van der Waals surface area contributed by atoms with Gasteiger partial charge in [0.25, 0.3) is 0 Å². The van der Waals surface area contributed by atoms with Crippen LogP contribution in [0.4, 0.5) is 0 Å². The molecule has 1 aliphatic rings. The Hall–Kier alpha value is -0.170. The lowest BCUT2D eigenvalue weighted by molar-refractivity contribution is 0.104. The first kappa shape index (κ1) is 14.9. The van der Waals surface area contributed by atoms with Gasteiger partial charge in [0.05, 0.1) is 5.75 Å². The quantitative estimate of drug-likeness (QED) is 0.716. The van der Waals surface area contributed by atoms with Crippen molar-refractivity contribution in [1.82, 2.24) is 9.80 Å². The smallest absolute Gasteiger partial charge is 0.147 e. The molecule has 0 aromatic heterocycles. The summed E-state index contributed by atoms with van der Waals surface area (Å²) in [6.45, 7) is 3.16. The fourth-order valence-electron chi connectivity index (χ4n) is 2.19. The van der Waals surface area contributed by atoms with Crippen LogP contribution in [0.5, 0.6) is 0 Å². The molecular weight excluding hydrogens is 238 g/mol. The zero-order chi connectivity index (χ0) is 13.1. The first-order valence-electron chi connectivity index (χ1n) is 6.10. The summed E-state index contributed by atoms with van der Waals surface area (Å²) in [6.07, 6.45) is 2.70. The van der Waals surface area contributed by atoms with Gasteiger partial charge in [-0.3, -0.25) is 0 Å². The van der Waals surface area contributed by atoms with E-state index in [1.165, 1.54) is 6.26 Å². The molecule has 1 heterocycles. The van der Waals surface area contributed by atoms with Crippen LogP contribution in [0.3, 0.4) is 0 Å². The number of hydrogen-bond acceptors (Lipinski definition) is 5. The van der Waals surface area contributed by atoms with E-state index in [1.54, 1.807) is 0 Å². The van der Waals surface area contributed by atoms with Crippen molar-refractivity contribution in [3.8, 4) is 0 Å². The fraction of sp³-hybridized carbons (Fsp3) is 1.00. The van der Waals surface area contributed by atoms with Crippen LogP contribution in [0.25, 0.3) is 0 Å². The number of nitrogens with two attached hydrogens (primary N) is 1. The van der Waals surface area contributed by atoms with E-state index in [1.807, 2.05) is 0 Å². The van der Waals surface area contributed by atoms with Crippen LogP contribution in [0, 0.1) is 0 Å². The summed E-state index contributed by atoms with van der Waals surface area (Å²) < 4.78 is 22.1. The molecule has 0 amide bonds. The molecule has 2 atom stereocenters. The van der Waals surface area contributed by atoms with Gasteiger partial charge < -0.3 is 15.5 Å². The third kappa shape index (κ3) is 5.81. The summed E-state index contributed by atoms with van der Waals surface area (Å²) in [4.78, 5) is 4.62.